The molecule has 0 aliphatic carbocycles. The summed E-state index contributed by atoms with van der Waals surface area (Å²) in [6.45, 7) is 3.42. The fourth-order valence-electron chi connectivity index (χ4n) is 3.05. The zero-order valence-electron chi connectivity index (χ0n) is 11.3. The zero-order valence-corrected chi connectivity index (χ0v) is 11.3. The molecule has 96 valence electrons. The van der Waals surface area contributed by atoms with Gasteiger partial charge in [0, 0.05) is 30.2 Å². The highest BCUT2D eigenvalue weighted by Gasteiger charge is 2.32. The van der Waals surface area contributed by atoms with Crippen molar-refractivity contribution in [1.29, 1.82) is 0 Å². The molecule has 0 saturated carbocycles. The van der Waals surface area contributed by atoms with Crippen LogP contribution in [-0.2, 0) is 12.6 Å². The van der Waals surface area contributed by atoms with Crippen LogP contribution in [0.4, 0.5) is 0 Å². The Bertz CT molecular complexity index is 579. The summed E-state index contributed by atoms with van der Waals surface area (Å²) in [6, 6.07) is 6.33. The number of ether oxygens (including phenoxy) is 1. The maximum Gasteiger partial charge on any atom is 0.120 e. The van der Waals surface area contributed by atoms with E-state index in [-0.39, 0.29) is 5.54 Å². The number of nitrogens with zero attached hydrogens (tertiary/aromatic N) is 1. The molecule has 1 aromatic heterocycles. The van der Waals surface area contributed by atoms with E-state index in [1.165, 1.54) is 29.3 Å². The summed E-state index contributed by atoms with van der Waals surface area (Å²) in [5, 5.41) is 4.97. The van der Waals surface area contributed by atoms with Crippen LogP contribution in [0.3, 0.4) is 0 Å². The Kier molecular flexibility index (Phi) is 2.59. The SMILES string of the molecule is COc1ccc2c(C3(C)CCCN3)cn(C)c2c1. The fraction of sp³-hybridized carbons (Fsp3) is 0.467. The van der Waals surface area contributed by atoms with E-state index < -0.39 is 0 Å². The molecule has 1 N–H and O–H groups in total. The van der Waals surface area contributed by atoms with Crippen molar-refractivity contribution < 1.29 is 4.74 Å². The third-order valence-electron chi connectivity index (χ3n) is 4.16. The Labute approximate surface area is 108 Å². The van der Waals surface area contributed by atoms with E-state index in [1.807, 2.05) is 6.07 Å². The minimum atomic E-state index is 0.119. The third-order valence-corrected chi connectivity index (χ3v) is 4.16. The summed E-state index contributed by atoms with van der Waals surface area (Å²) >= 11 is 0. The van der Waals surface area contributed by atoms with Crippen molar-refractivity contribution >= 4 is 10.9 Å². The lowest BCUT2D eigenvalue weighted by molar-refractivity contribution is 0.415. The molecule has 0 bridgehead atoms. The fourth-order valence-corrected chi connectivity index (χ4v) is 3.05. The topological polar surface area (TPSA) is 26.2 Å². The average molecular weight is 244 g/mol. The second kappa shape index (κ2) is 4.02. The molecule has 1 unspecified atom stereocenters. The predicted molar refractivity (Wildman–Crippen MR) is 74.1 cm³/mol. The Hall–Kier alpha value is -1.48. The summed E-state index contributed by atoms with van der Waals surface area (Å²) in [5.74, 6) is 0.916. The monoisotopic (exact) mass is 244 g/mol. The van der Waals surface area contributed by atoms with Crippen molar-refractivity contribution in [3.63, 3.8) is 0 Å². The van der Waals surface area contributed by atoms with Crippen LogP contribution in [0.5, 0.6) is 5.75 Å². The largest absolute Gasteiger partial charge is 0.497 e. The number of methoxy groups -OCH3 is 1. The first-order chi connectivity index (χ1) is 8.64. The minimum absolute atomic E-state index is 0.119. The molecule has 1 aromatic carbocycles. The summed E-state index contributed by atoms with van der Waals surface area (Å²) < 4.78 is 7.50. The normalized spacial score (nSPS) is 23.7. The average Bonchev–Trinajstić information content (AvgIpc) is 2.95. The number of aromatic nitrogens is 1. The molecule has 1 aliphatic rings. The number of hydrogen-bond acceptors (Lipinski definition) is 2. The van der Waals surface area contributed by atoms with Gasteiger partial charge in [-0.25, -0.2) is 0 Å². The Balaban J connectivity index is 2.19. The molecule has 0 radical (unpaired) electrons. The molecule has 18 heavy (non-hydrogen) atoms. The van der Waals surface area contributed by atoms with E-state index in [9.17, 15) is 0 Å². The van der Waals surface area contributed by atoms with Crippen LogP contribution in [-0.4, -0.2) is 18.2 Å². The van der Waals surface area contributed by atoms with E-state index in [2.05, 4.69) is 42.2 Å². The number of aryl methyl sites for hydroxylation is 1. The van der Waals surface area contributed by atoms with Crippen molar-refractivity contribution in [2.75, 3.05) is 13.7 Å². The van der Waals surface area contributed by atoms with Crippen LogP contribution in [0.2, 0.25) is 0 Å². The molecular formula is C15H20N2O. The van der Waals surface area contributed by atoms with E-state index in [0.29, 0.717) is 0 Å². The molecule has 2 aromatic rings. The molecule has 1 fully saturated rings. The summed E-state index contributed by atoms with van der Waals surface area (Å²) in [7, 11) is 3.81. The standard InChI is InChI=1S/C15H20N2O/c1-15(7-4-8-16-15)13-10-17(2)14-9-11(18-3)5-6-12(13)14/h5-6,9-10,16H,4,7-8H2,1-3H3. The summed E-state index contributed by atoms with van der Waals surface area (Å²) in [6.07, 6.45) is 4.71. The number of fused-ring (bicyclic) bond motifs is 1. The number of rotatable bonds is 2. The minimum Gasteiger partial charge on any atom is -0.497 e. The van der Waals surface area contributed by atoms with Gasteiger partial charge in [-0.2, -0.15) is 0 Å². The van der Waals surface area contributed by atoms with Crippen LogP contribution in [0.1, 0.15) is 25.3 Å². The highest BCUT2D eigenvalue weighted by Crippen LogP contribution is 2.36. The lowest BCUT2D eigenvalue weighted by atomic mass is 9.90. The highest BCUT2D eigenvalue weighted by atomic mass is 16.5. The van der Waals surface area contributed by atoms with Gasteiger partial charge in [0.1, 0.15) is 5.75 Å². The maximum absolute atomic E-state index is 5.31. The molecule has 0 spiro atoms. The number of hydrogen-bond donors (Lipinski definition) is 1. The van der Waals surface area contributed by atoms with Gasteiger partial charge in [0.2, 0.25) is 0 Å². The van der Waals surface area contributed by atoms with Gasteiger partial charge in [-0.1, -0.05) is 0 Å². The van der Waals surface area contributed by atoms with E-state index >= 15 is 0 Å². The molecule has 3 nitrogen and oxygen atoms in total. The van der Waals surface area contributed by atoms with Crippen molar-refractivity contribution in [3.8, 4) is 5.75 Å². The molecule has 1 aliphatic heterocycles. The zero-order chi connectivity index (χ0) is 12.8. The van der Waals surface area contributed by atoms with Crippen molar-refractivity contribution in [2.24, 2.45) is 7.05 Å². The first-order valence-electron chi connectivity index (χ1n) is 6.53. The van der Waals surface area contributed by atoms with Crippen molar-refractivity contribution in [1.82, 2.24) is 9.88 Å². The van der Waals surface area contributed by atoms with Crippen LogP contribution in [0, 0.1) is 0 Å². The third kappa shape index (κ3) is 1.62. The molecule has 2 heterocycles. The van der Waals surface area contributed by atoms with Gasteiger partial charge in [0.15, 0.2) is 0 Å². The lowest BCUT2D eigenvalue weighted by Gasteiger charge is -2.24. The summed E-state index contributed by atoms with van der Waals surface area (Å²) in [4.78, 5) is 0. The van der Waals surface area contributed by atoms with Gasteiger partial charge >= 0.3 is 0 Å². The molecular weight excluding hydrogens is 224 g/mol. The Morgan fingerprint density at radius 3 is 2.89 bits per heavy atom. The summed E-state index contributed by atoms with van der Waals surface area (Å²) in [5.41, 5.74) is 2.76. The van der Waals surface area contributed by atoms with Gasteiger partial charge in [-0.15, -0.1) is 0 Å². The second-order valence-corrected chi connectivity index (χ2v) is 5.40. The van der Waals surface area contributed by atoms with Gasteiger partial charge in [0.05, 0.1) is 12.6 Å². The van der Waals surface area contributed by atoms with Crippen LogP contribution < -0.4 is 10.1 Å². The van der Waals surface area contributed by atoms with Crippen molar-refractivity contribution in [2.45, 2.75) is 25.3 Å². The first-order valence-corrected chi connectivity index (χ1v) is 6.53. The van der Waals surface area contributed by atoms with Gasteiger partial charge < -0.3 is 14.6 Å². The lowest BCUT2D eigenvalue weighted by Crippen LogP contribution is -2.32. The maximum atomic E-state index is 5.31. The van der Waals surface area contributed by atoms with Crippen LogP contribution in [0.15, 0.2) is 24.4 Å². The van der Waals surface area contributed by atoms with Crippen LogP contribution in [0.25, 0.3) is 10.9 Å². The van der Waals surface area contributed by atoms with Gasteiger partial charge in [-0.3, -0.25) is 0 Å². The number of benzene rings is 1. The smallest absolute Gasteiger partial charge is 0.120 e. The van der Waals surface area contributed by atoms with Gasteiger partial charge in [-0.05, 0) is 44.0 Å². The Morgan fingerprint density at radius 2 is 2.22 bits per heavy atom. The molecule has 3 rings (SSSR count). The van der Waals surface area contributed by atoms with E-state index in [4.69, 9.17) is 4.74 Å². The predicted octanol–water partition coefficient (Wildman–Crippen LogP) is 2.79. The molecule has 0 amide bonds. The van der Waals surface area contributed by atoms with E-state index in [0.717, 1.165) is 12.3 Å². The van der Waals surface area contributed by atoms with Crippen LogP contribution >= 0.6 is 0 Å². The Morgan fingerprint density at radius 1 is 1.39 bits per heavy atom. The van der Waals surface area contributed by atoms with Crippen molar-refractivity contribution in [3.05, 3.63) is 30.0 Å². The van der Waals surface area contributed by atoms with E-state index in [1.54, 1.807) is 7.11 Å². The molecule has 1 saturated heterocycles. The quantitative estimate of drug-likeness (QED) is 0.879. The molecule has 3 heteroatoms. The van der Waals surface area contributed by atoms with Gasteiger partial charge in [0.25, 0.3) is 0 Å². The number of nitrogens with one attached hydrogen (secondary N) is 1. The second-order valence-electron chi connectivity index (χ2n) is 5.40. The molecule has 1 atom stereocenters. The first kappa shape index (κ1) is 11.6. The highest BCUT2D eigenvalue weighted by molar-refractivity contribution is 5.86.